The maximum atomic E-state index is 4.77. The number of hydrogen-bond donors (Lipinski definition) is 0. The van der Waals surface area contributed by atoms with E-state index in [0.29, 0.717) is 5.92 Å². The normalized spacial score (nSPS) is 18.9. The Bertz CT molecular complexity index is 962. The first kappa shape index (κ1) is 16.9. The summed E-state index contributed by atoms with van der Waals surface area (Å²) in [4.78, 5) is 2.57. The summed E-state index contributed by atoms with van der Waals surface area (Å²) in [6, 6.07) is 3.99. The Kier molecular flexibility index (Phi) is 4.19. The Labute approximate surface area is 159 Å². The highest BCUT2D eigenvalue weighted by atomic mass is 15.4. The van der Waals surface area contributed by atoms with Gasteiger partial charge in [-0.15, -0.1) is 10.2 Å². The summed E-state index contributed by atoms with van der Waals surface area (Å²) in [6.07, 6.45) is 7.16. The van der Waals surface area contributed by atoms with Gasteiger partial charge in [0.1, 0.15) is 0 Å². The van der Waals surface area contributed by atoms with E-state index in [0.717, 1.165) is 56.1 Å². The Morgan fingerprint density at radius 1 is 1.04 bits per heavy atom. The zero-order valence-corrected chi connectivity index (χ0v) is 16.2. The van der Waals surface area contributed by atoms with Gasteiger partial charge in [-0.1, -0.05) is 0 Å². The number of aryl methyl sites for hydroxylation is 3. The molecule has 0 atom stereocenters. The molecule has 2 aliphatic rings. The van der Waals surface area contributed by atoms with Crippen LogP contribution >= 0.6 is 0 Å². The van der Waals surface area contributed by atoms with Crippen LogP contribution in [0.25, 0.3) is 5.65 Å². The number of nitrogens with zero attached hydrogens (tertiary/aromatic N) is 7. The Morgan fingerprint density at radius 3 is 2.70 bits per heavy atom. The van der Waals surface area contributed by atoms with E-state index in [2.05, 4.69) is 31.9 Å². The van der Waals surface area contributed by atoms with Crippen molar-refractivity contribution >= 4 is 5.65 Å². The van der Waals surface area contributed by atoms with Gasteiger partial charge in [0.15, 0.2) is 11.5 Å². The Balaban J connectivity index is 1.29. The first-order valence-electron chi connectivity index (χ1n) is 10.1. The third-order valence-corrected chi connectivity index (χ3v) is 6.19. The van der Waals surface area contributed by atoms with Gasteiger partial charge in [-0.3, -0.25) is 9.58 Å². The average molecular weight is 365 g/mol. The molecule has 0 unspecified atom stereocenters. The summed E-state index contributed by atoms with van der Waals surface area (Å²) in [5.74, 6) is 1.46. The summed E-state index contributed by atoms with van der Waals surface area (Å²) < 4.78 is 4.06. The maximum absolute atomic E-state index is 4.77. The fourth-order valence-corrected chi connectivity index (χ4v) is 4.66. The molecule has 0 saturated carbocycles. The summed E-state index contributed by atoms with van der Waals surface area (Å²) in [7, 11) is 2.11. The predicted molar refractivity (Wildman–Crippen MR) is 103 cm³/mol. The van der Waals surface area contributed by atoms with Crippen LogP contribution in [0.15, 0.2) is 12.1 Å². The molecular weight excluding hydrogens is 338 g/mol. The predicted octanol–water partition coefficient (Wildman–Crippen LogP) is 2.42. The smallest absolute Gasteiger partial charge is 0.177 e. The molecule has 0 radical (unpaired) electrons. The monoisotopic (exact) mass is 365 g/mol. The minimum Gasteiger partial charge on any atom is -0.297 e. The van der Waals surface area contributed by atoms with Crippen molar-refractivity contribution in [2.24, 2.45) is 7.05 Å². The van der Waals surface area contributed by atoms with Crippen LogP contribution in [0.3, 0.4) is 0 Å². The second kappa shape index (κ2) is 6.71. The first-order chi connectivity index (χ1) is 13.2. The number of hydrogen-bond acceptors (Lipinski definition) is 5. The summed E-state index contributed by atoms with van der Waals surface area (Å²) >= 11 is 0. The average Bonchev–Trinajstić information content (AvgIpc) is 3.23. The van der Waals surface area contributed by atoms with E-state index < -0.39 is 0 Å². The van der Waals surface area contributed by atoms with Crippen LogP contribution in [0, 0.1) is 6.92 Å². The first-order valence-corrected chi connectivity index (χ1v) is 10.1. The second-order valence-electron chi connectivity index (χ2n) is 8.06. The number of piperidine rings is 1. The van der Waals surface area contributed by atoms with Crippen molar-refractivity contribution in [3.05, 3.63) is 40.6 Å². The fraction of sp³-hybridized carbons (Fsp3) is 0.600. The van der Waals surface area contributed by atoms with Crippen molar-refractivity contribution < 1.29 is 0 Å². The molecule has 1 aliphatic carbocycles. The van der Waals surface area contributed by atoms with Crippen molar-refractivity contribution in [2.75, 3.05) is 13.1 Å². The molecule has 3 aromatic heterocycles. The van der Waals surface area contributed by atoms with Crippen LogP contribution in [0.4, 0.5) is 0 Å². The topological polar surface area (TPSA) is 64.1 Å². The lowest BCUT2D eigenvalue weighted by molar-refractivity contribution is 0.196. The molecule has 142 valence electrons. The second-order valence-corrected chi connectivity index (χ2v) is 8.06. The molecule has 0 aromatic carbocycles. The number of fused-ring (bicyclic) bond motifs is 2. The van der Waals surface area contributed by atoms with E-state index in [4.69, 9.17) is 5.10 Å². The number of rotatable bonds is 3. The van der Waals surface area contributed by atoms with Crippen molar-refractivity contribution in [3.63, 3.8) is 0 Å². The zero-order valence-electron chi connectivity index (χ0n) is 16.2. The van der Waals surface area contributed by atoms with Crippen molar-refractivity contribution in [1.82, 2.24) is 34.5 Å². The SMILES string of the molecule is Cc1ccc2nnc(C3CCN(Cc4c5c(nn4C)CCCC5)CC3)n2n1. The molecule has 27 heavy (non-hydrogen) atoms. The lowest BCUT2D eigenvalue weighted by atomic mass is 9.94. The summed E-state index contributed by atoms with van der Waals surface area (Å²) in [5, 5.41) is 18.1. The number of aromatic nitrogens is 6. The molecule has 7 heteroatoms. The van der Waals surface area contributed by atoms with Crippen molar-refractivity contribution in [1.29, 1.82) is 0 Å². The lowest BCUT2D eigenvalue weighted by Crippen LogP contribution is -2.34. The molecule has 7 nitrogen and oxygen atoms in total. The molecule has 0 bridgehead atoms. The van der Waals surface area contributed by atoms with E-state index in [1.165, 1.54) is 36.2 Å². The molecule has 5 rings (SSSR count). The van der Waals surface area contributed by atoms with Gasteiger partial charge in [-0.05, 0) is 76.2 Å². The minimum atomic E-state index is 0.436. The van der Waals surface area contributed by atoms with E-state index >= 15 is 0 Å². The molecule has 0 amide bonds. The standard InChI is InChI=1S/C20H27N7/c1-14-7-8-19-21-22-20(27(19)23-14)15-9-11-26(12-10-15)13-18-16-5-3-4-6-17(16)24-25(18)2/h7-8,15H,3-6,9-13H2,1-2H3. The lowest BCUT2D eigenvalue weighted by Gasteiger charge is -2.31. The highest BCUT2D eigenvalue weighted by molar-refractivity contribution is 5.36. The highest BCUT2D eigenvalue weighted by Gasteiger charge is 2.27. The van der Waals surface area contributed by atoms with Gasteiger partial charge in [0.05, 0.1) is 17.1 Å². The van der Waals surface area contributed by atoms with Crippen LogP contribution in [0.5, 0.6) is 0 Å². The van der Waals surface area contributed by atoms with Gasteiger partial charge in [0.25, 0.3) is 0 Å². The van der Waals surface area contributed by atoms with E-state index in [1.54, 1.807) is 0 Å². The van der Waals surface area contributed by atoms with E-state index in [1.807, 2.05) is 23.6 Å². The van der Waals surface area contributed by atoms with Gasteiger partial charge in [0.2, 0.25) is 0 Å². The van der Waals surface area contributed by atoms with Gasteiger partial charge >= 0.3 is 0 Å². The fourth-order valence-electron chi connectivity index (χ4n) is 4.66. The third-order valence-electron chi connectivity index (χ3n) is 6.19. The van der Waals surface area contributed by atoms with Gasteiger partial charge in [-0.25, -0.2) is 0 Å². The maximum Gasteiger partial charge on any atom is 0.177 e. The Morgan fingerprint density at radius 2 is 1.85 bits per heavy atom. The molecule has 4 heterocycles. The van der Waals surface area contributed by atoms with Crippen LogP contribution in [-0.4, -0.2) is 47.6 Å². The third kappa shape index (κ3) is 3.04. The highest BCUT2D eigenvalue weighted by Crippen LogP contribution is 2.29. The van der Waals surface area contributed by atoms with Crippen LogP contribution in [0.1, 0.15) is 60.1 Å². The van der Waals surface area contributed by atoms with Gasteiger partial charge < -0.3 is 0 Å². The van der Waals surface area contributed by atoms with Crippen molar-refractivity contribution in [3.8, 4) is 0 Å². The molecule has 0 spiro atoms. The van der Waals surface area contributed by atoms with Gasteiger partial charge in [-0.2, -0.15) is 14.7 Å². The molecule has 1 saturated heterocycles. The molecular formula is C20H27N7. The van der Waals surface area contributed by atoms with Crippen LogP contribution < -0.4 is 0 Å². The van der Waals surface area contributed by atoms with E-state index in [9.17, 15) is 0 Å². The van der Waals surface area contributed by atoms with Crippen LogP contribution in [0.2, 0.25) is 0 Å². The minimum absolute atomic E-state index is 0.436. The Hall–Kier alpha value is -2.28. The summed E-state index contributed by atoms with van der Waals surface area (Å²) in [5.41, 5.74) is 6.13. The van der Waals surface area contributed by atoms with Crippen molar-refractivity contribution in [2.45, 2.75) is 57.9 Å². The molecule has 1 aliphatic heterocycles. The number of likely N-dealkylation sites (tertiary alicyclic amines) is 1. The zero-order chi connectivity index (χ0) is 18.4. The van der Waals surface area contributed by atoms with E-state index in [-0.39, 0.29) is 0 Å². The largest absolute Gasteiger partial charge is 0.297 e. The summed E-state index contributed by atoms with van der Waals surface area (Å²) in [6.45, 7) is 5.21. The molecule has 1 fully saturated rings. The molecule has 3 aromatic rings. The molecule has 0 N–H and O–H groups in total. The van der Waals surface area contributed by atoms with Gasteiger partial charge in [0, 0.05) is 19.5 Å². The van der Waals surface area contributed by atoms with Crippen LogP contribution in [-0.2, 0) is 26.4 Å². The quantitative estimate of drug-likeness (QED) is 0.713.